The number of fused-ring (bicyclic) bond motifs is 5. The molecule has 0 N–H and O–H groups in total. The van der Waals surface area contributed by atoms with Crippen LogP contribution in [0.2, 0.25) is 0 Å². The summed E-state index contributed by atoms with van der Waals surface area (Å²) in [4.78, 5) is 9.44. The molecular weight excluding hydrogens is 286 g/mol. The van der Waals surface area contributed by atoms with Crippen molar-refractivity contribution in [1.29, 1.82) is 0 Å². The summed E-state index contributed by atoms with van der Waals surface area (Å²) >= 11 is 0. The molecule has 0 radical (unpaired) electrons. The van der Waals surface area contributed by atoms with Crippen LogP contribution in [0.1, 0.15) is 26.3 Å². The van der Waals surface area contributed by atoms with Gasteiger partial charge in [0.05, 0.1) is 28.0 Å². The van der Waals surface area contributed by atoms with Crippen LogP contribution < -0.4 is 4.90 Å². The second-order valence-corrected chi connectivity index (χ2v) is 7.27. The molecule has 0 bridgehead atoms. The molecule has 23 heavy (non-hydrogen) atoms. The van der Waals surface area contributed by atoms with Gasteiger partial charge in [0.1, 0.15) is 6.17 Å². The van der Waals surface area contributed by atoms with Crippen LogP contribution >= 0.6 is 0 Å². The molecular formula is C18H21N5. The molecule has 0 amide bonds. The van der Waals surface area contributed by atoms with Crippen LogP contribution in [-0.4, -0.2) is 32.1 Å². The smallest absolute Gasteiger partial charge is 0.215 e. The summed E-state index contributed by atoms with van der Waals surface area (Å²) in [6, 6.07) is 4.44. The van der Waals surface area contributed by atoms with E-state index in [-0.39, 0.29) is 5.54 Å². The van der Waals surface area contributed by atoms with Crippen LogP contribution in [0.3, 0.4) is 0 Å². The van der Waals surface area contributed by atoms with Crippen LogP contribution in [0, 0.1) is 6.92 Å². The van der Waals surface area contributed by atoms with Gasteiger partial charge in [-0.05, 0) is 39.3 Å². The van der Waals surface area contributed by atoms with Gasteiger partial charge < -0.3 is 9.80 Å². The number of allylic oxidation sites excluding steroid dienone is 1. The summed E-state index contributed by atoms with van der Waals surface area (Å²) in [6.45, 7) is 9.05. The molecule has 118 valence electrons. The third-order valence-corrected chi connectivity index (χ3v) is 5.61. The highest BCUT2D eigenvalue weighted by atomic mass is 15.4. The van der Waals surface area contributed by atoms with E-state index in [2.05, 4.69) is 83.0 Å². The lowest BCUT2D eigenvalue weighted by Crippen LogP contribution is -2.45. The first-order valence-corrected chi connectivity index (χ1v) is 8.14. The van der Waals surface area contributed by atoms with E-state index < -0.39 is 0 Å². The quantitative estimate of drug-likeness (QED) is 0.638. The number of imidazole rings is 2. The van der Waals surface area contributed by atoms with Crippen LogP contribution in [0.5, 0.6) is 0 Å². The van der Waals surface area contributed by atoms with Crippen molar-refractivity contribution in [2.45, 2.75) is 39.4 Å². The molecule has 0 unspecified atom stereocenters. The molecule has 0 saturated carbocycles. The van der Waals surface area contributed by atoms with E-state index in [9.17, 15) is 0 Å². The minimum absolute atomic E-state index is 0.145. The van der Waals surface area contributed by atoms with Crippen molar-refractivity contribution >= 4 is 22.5 Å². The fourth-order valence-electron chi connectivity index (χ4n) is 4.29. The number of nitrogens with zero attached hydrogens (tertiary/aromatic N) is 5. The lowest BCUT2D eigenvalue weighted by Gasteiger charge is -2.43. The highest BCUT2D eigenvalue weighted by molar-refractivity contribution is 5.97. The average Bonchev–Trinajstić information content (AvgIpc) is 3.14. The predicted molar refractivity (Wildman–Crippen MR) is 92.5 cm³/mol. The van der Waals surface area contributed by atoms with Crippen molar-refractivity contribution in [2.24, 2.45) is 0 Å². The van der Waals surface area contributed by atoms with Gasteiger partial charge in [0, 0.05) is 25.6 Å². The molecule has 5 nitrogen and oxygen atoms in total. The molecule has 0 aliphatic carbocycles. The summed E-state index contributed by atoms with van der Waals surface area (Å²) in [6.07, 6.45) is 6.55. The van der Waals surface area contributed by atoms with Gasteiger partial charge in [0.15, 0.2) is 0 Å². The molecule has 5 rings (SSSR count). The van der Waals surface area contributed by atoms with E-state index in [1.54, 1.807) is 0 Å². The molecule has 2 aromatic heterocycles. The second-order valence-electron chi connectivity index (χ2n) is 7.27. The van der Waals surface area contributed by atoms with E-state index in [1.807, 2.05) is 6.20 Å². The standard InChI is InChI=1S/C18H21N5/c1-11-6-7-13-16-15(11)22-12(2)20(5)10-14(22)18(3,4)23(16)17-19-8-9-21(13)17/h6-10,12H,1-5H3/t12-/m0/s1. The Morgan fingerprint density at radius 2 is 2.00 bits per heavy atom. The van der Waals surface area contributed by atoms with Gasteiger partial charge in [-0.2, -0.15) is 0 Å². The fraction of sp³-hybridized carbons (Fsp3) is 0.389. The lowest BCUT2D eigenvalue weighted by atomic mass is 9.94. The topological polar surface area (TPSA) is 28.7 Å². The zero-order valence-corrected chi connectivity index (χ0v) is 14.2. The molecule has 1 aromatic carbocycles. The predicted octanol–water partition coefficient (Wildman–Crippen LogP) is 3.29. The van der Waals surface area contributed by atoms with Crippen molar-refractivity contribution in [1.82, 2.24) is 18.9 Å². The second kappa shape index (κ2) is 3.72. The zero-order chi connectivity index (χ0) is 16.1. The van der Waals surface area contributed by atoms with E-state index in [4.69, 9.17) is 0 Å². The Morgan fingerprint density at radius 1 is 1.22 bits per heavy atom. The van der Waals surface area contributed by atoms with E-state index in [0.29, 0.717) is 6.17 Å². The van der Waals surface area contributed by atoms with E-state index in [1.165, 1.54) is 28.0 Å². The minimum Gasteiger partial charge on any atom is -0.359 e. The molecule has 1 atom stereocenters. The largest absolute Gasteiger partial charge is 0.359 e. The molecule has 2 aliphatic rings. The Bertz CT molecular complexity index is 1000. The molecule has 2 aliphatic heterocycles. The van der Waals surface area contributed by atoms with Gasteiger partial charge in [-0.1, -0.05) is 6.07 Å². The first-order valence-electron chi connectivity index (χ1n) is 8.14. The summed E-state index contributed by atoms with van der Waals surface area (Å²) < 4.78 is 4.61. The Morgan fingerprint density at radius 3 is 2.78 bits per heavy atom. The van der Waals surface area contributed by atoms with Gasteiger partial charge in [0.2, 0.25) is 5.78 Å². The normalized spacial score (nSPS) is 22.1. The summed E-state index contributed by atoms with van der Waals surface area (Å²) in [7, 11) is 2.15. The summed E-state index contributed by atoms with van der Waals surface area (Å²) in [5.74, 6) is 1.01. The third-order valence-electron chi connectivity index (χ3n) is 5.61. The lowest BCUT2D eigenvalue weighted by molar-refractivity contribution is 0.371. The van der Waals surface area contributed by atoms with Crippen molar-refractivity contribution in [2.75, 3.05) is 11.9 Å². The number of hydrogen-bond donors (Lipinski definition) is 0. The molecule has 4 heterocycles. The Hall–Kier alpha value is -2.43. The van der Waals surface area contributed by atoms with Crippen LogP contribution in [0.4, 0.5) is 5.69 Å². The highest BCUT2D eigenvalue weighted by Crippen LogP contribution is 2.49. The molecule has 0 saturated heterocycles. The van der Waals surface area contributed by atoms with Crippen LogP contribution in [-0.2, 0) is 5.54 Å². The van der Waals surface area contributed by atoms with Gasteiger partial charge in [-0.25, -0.2) is 4.98 Å². The van der Waals surface area contributed by atoms with E-state index >= 15 is 0 Å². The van der Waals surface area contributed by atoms with Crippen molar-refractivity contribution < 1.29 is 0 Å². The summed E-state index contributed by atoms with van der Waals surface area (Å²) in [5, 5.41) is 0. The van der Waals surface area contributed by atoms with Crippen LogP contribution in [0.25, 0.3) is 16.8 Å². The van der Waals surface area contributed by atoms with Crippen LogP contribution in [0.15, 0.2) is 36.4 Å². The van der Waals surface area contributed by atoms with Gasteiger partial charge >= 0.3 is 0 Å². The first-order chi connectivity index (χ1) is 10.9. The monoisotopic (exact) mass is 307 g/mol. The third kappa shape index (κ3) is 1.28. The van der Waals surface area contributed by atoms with E-state index in [0.717, 1.165) is 5.78 Å². The average molecular weight is 307 g/mol. The van der Waals surface area contributed by atoms with Gasteiger partial charge in [-0.15, -0.1) is 0 Å². The number of rotatable bonds is 0. The number of anilines is 1. The zero-order valence-electron chi connectivity index (χ0n) is 14.2. The molecule has 5 heteroatoms. The Kier molecular flexibility index (Phi) is 2.11. The van der Waals surface area contributed by atoms with Gasteiger partial charge in [-0.3, -0.25) is 8.97 Å². The maximum Gasteiger partial charge on any atom is 0.215 e. The van der Waals surface area contributed by atoms with Gasteiger partial charge in [0.25, 0.3) is 0 Å². The van der Waals surface area contributed by atoms with Crippen molar-refractivity contribution in [3.63, 3.8) is 0 Å². The number of aromatic nitrogens is 3. The van der Waals surface area contributed by atoms with Crippen molar-refractivity contribution in [3.8, 4) is 0 Å². The molecule has 0 spiro atoms. The van der Waals surface area contributed by atoms with Crippen molar-refractivity contribution in [3.05, 3.63) is 42.0 Å². The Balaban J connectivity index is 2.05. The minimum atomic E-state index is -0.145. The highest BCUT2D eigenvalue weighted by Gasteiger charge is 2.45. The number of hydrogen-bond acceptors (Lipinski definition) is 3. The first kappa shape index (κ1) is 13.0. The SMILES string of the molecule is Cc1ccc2c3c1N1C(=CN(C)[C@@H]1C)C(C)(C)n3c1nccn21. The maximum absolute atomic E-state index is 4.65. The molecule has 0 fully saturated rings. The Labute approximate surface area is 135 Å². The molecule has 3 aromatic rings. The number of aryl methyl sites for hydroxylation is 1. The number of benzene rings is 1. The fourth-order valence-corrected chi connectivity index (χ4v) is 4.29. The maximum atomic E-state index is 4.65. The summed E-state index contributed by atoms with van der Waals surface area (Å²) in [5.41, 5.74) is 6.33.